The second kappa shape index (κ2) is 4.38. The Bertz CT molecular complexity index is 1340. The fourth-order valence-corrected chi connectivity index (χ4v) is 3.53. The van der Waals surface area contributed by atoms with Crippen molar-refractivity contribution in [3.63, 3.8) is 0 Å². The summed E-state index contributed by atoms with van der Waals surface area (Å²) in [7, 11) is 0. The van der Waals surface area contributed by atoms with E-state index in [0.29, 0.717) is 21.9 Å². The van der Waals surface area contributed by atoms with Crippen molar-refractivity contribution in [2.45, 2.75) is 6.92 Å². The second-order valence-electron chi connectivity index (χ2n) is 6.01. The number of nitrogens with zero attached hydrogens (tertiary/aromatic N) is 1. The zero-order valence-electron chi connectivity index (χ0n) is 12.9. The van der Waals surface area contributed by atoms with Crippen LogP contribution >= 0.6 is 0 Å². The van der Waals surface area contributed by atoms with Crippen LogP contribution in [0.25, 0.3) is 38.4 Å². The zero-order valence-corrected chi connectivity index (χ0v) is 12.9. The van der Waals surface area contributed by atoms with Gasteiger partial charge < -0.3 is 13.9 Å². The van der Waals surface area contributed by atoms with Crippen LogP contribution in [-0.4, -0.2) is 9.51 Å². The molecule has 0 aliphatic carbocycles. The number of benzene rings is 2. The number of fused-ring (bicyclic) bond motifs is 6. The van der Waals surface area contributed by atoms with Crippen LogP contribution in [-0.2, 0) is 0 Å². The molecule has 0 aliphatic rings. The number of pyridine rings is 1. The van der Waals surface area contributed by atoms with Crippen molar-refractivity contribution >= 4 is 38.4 Å². The van der Waals surface area contributed by atoms with Gasteiger partial charge in [-0.1, -0.05) is 24.3 Å². The van der Waals surface area contributed by atoms with E-state index in [-0.39, 0.29) is 11.2 Å². The van der Waals surface area contributed by atoms with Gasteiger partial charge in [-0.3, -0.25) is 4.79 Å². The van der Waals surface area contributed by atoms with E-state index in [2.05, 4.69) is 4.40 Å². The third-order valence-corrected chi connectivity index (χ3v) is 4.64. The molecule has 3 aromatic heterocycles. The van der Waals surface area contributed by atoms with Crippen molar-refractivity contribution in [1.82, 2.24) is 4.40 Å². The molecule has 0 bridgehead atoms. The third-order valence-electron chi connectivity index (χ3n) is 4.64. The zero-order chi connectivity index (χ0) is 16.4. The standard InChI is InChI=1S/C20H13NO3/c1-11-20-18(19(23)14-8-7-13(22)10-17(14)24-20)16-9-6-12-4-2-3-5-15(12)21(11)16/h2-10,22H,1H3. The summed E-state index contributed by atoms with van der Waals surface area (Å²) < 4.78 is 8.05. The van der Waals surface area contributed by atoms with Gasteiger partial charge in [0.1, 0.15) is 11.3 Å². The van der Waals surface area contributed by atoms with Crippen molar-refractivity contribution in [3.8, 4) is 5.75 Å². The monoisotopic (exact) mass is 315 g/mol. The van der Waals surface area contributed by atoms with Crippen LogP contribution in [0.4, 0.5) is 0 Å². The van der Waals surface area contributed by atoms with Gasteiger partial charge in [0.15, 0.2) is 5.58 Å². The van der Waals surface area contributed by atoms with E-state index >= 15 is 0 Å². The molecular formula is C20H13NO3. The van der Waals surface area contributed by atoms with Crippen LogP contribution in [0.5, 0.6) is 5.75 Å². The molecule has 0 atom stereocenters. The summed E-state index contributed by atoms with van der Waals surface area (Å²) in [5.74, 6) is 0.0804. The molecule has 5 rings (SSSR count). The quantitative estimate of drug-likeness (QED) is 0.462. The van der Waals surface area contributed by atoms with Gasteiger partial charge in [0.25, 0.3) is 0 Å². The van der Waals surface area contributed by atoms with Gasteiger partial charge in [0.2, 0.25) is 5.43 Å². The fourth-order valence-electron chi connectivity index (χ4n) is 3.53. The second-order valence-corrected chi connectivity index (χ2v) is 6.01. The van der Waals surface area contributed by atoms with Crippen LogP contribution in [0.1, 0.15) is 5.69 Å². The van der Waals surface area contributed by atoms with Gasteiger partial charge >= 0.3 is 0 Å². The summed E-state index contributed by atoms with van der Waals surface area (Å²) in [6.45, 7) is 1.94. The van der Waals surface area contributed by atoms with Crippen LogP contribution in [0.15, 0.2) is 63.8 Å². The number of aromatic hydroxyl groups is 1. The summed E-state index contributed by atoms with van der Waals surface area (Å²) in [6, 6.07) is 16.6. The number of aromatic nitrogens is 1. The first-order valence-electron chi connectivity index (χ1n) is 7.73. The Morgan fingerprint density at radius 2 is 1.83 bits per heavy atom. The lowest BCUT2D eigenvalue weighted by Gasteiger charge is -2.03. The van der Waals surface area contributed by atoms with Crippen LogP contribution in [0.3, 0.4) is 0 Å². The molecule has 3 heterocycles. The highest BCUT2D eigenvalue weighted by molar-refractivity contribution is 6.04. The summed E-state index contributed by atoms with van der Waals surface area (Å²) >= 11 is 0. The average molecular weight is 315 g/mol. The number of aryl methyl sites for hydroxylation is 1. The minimum atomic E-state index is -0.0767. The van der Waals surface area contributed by atoms with E-state index in [0.717, 1.165) is 22.1 Å². The molecule has 0 saturated carbocycles. The maximum Gasteiger partial charge on any atom is 0.202 e. The summed E-state index contributed by atoms with van der Waals surface area (Å²) in [5, 5.41) is 11.8. The maximum atomic E-state index is 13.0. The van der Waals surface area contributed by atoms with E-state index < -0.39 is 0 Å². The maximum absolute atomic E-state index is 13.0. The smallest absolute Gasteiger partial charge is 0.202 e. The van der Waals surface area contributed by atoms with Crippen molar-refractivity contribution in [2.75, 3.05) is 0 Å². The van der Waals surface area contributed by atoms with Gasteiger partial charge in [-0.15, -0.1) is 0 Å². The molecule has 4 heteroatoms. The first kappa shape index (κ1) is 13.2. The van der Waals surface area contributed by atoms with E-state index in [1.165, 1.54) is 12.1 Å². The molecule has 0 aliphatic heterocycles. The number of phenolic OH excluding ortho intramolecular Hbond substituents is 1. The molecule has 0 unspecified atom stereocenters. The minimum Gasteiger partial charge on any atom is -0.508 e. The number of hydrogen-bond acceptors (Lipinski definition) is 3. The minimum absolute atomic E-state index is 0.0767. The summed E-state index contributed by atoms with van der Waals surface area (Å²) in [5.41, 5.74) is 3.63. The number of rotatable bonds is 0. The van der Waals surface area contributed by atoms with E-state index in [9.17, 15) is 9.90 Å². The highest BCUT2D eigenvalue weighted by Crippen LogP contribution is 2.31. The molecule has 2 aromatic carbocycles. The molecule has 0 saturated heterocycles. The van der Waals surface area contributed by atoms with Crippen molar-refractivity contribution in [1.29, 1.82) is 0 Å². The molecule has 0 spiro atoms. The van der Waals surface area contributed by atoms with Gasteiger partial charge in [-0.05, 0) is 36.6 Å². The lowest BCUT2D eigenvalue weighted by Crippen LogP contribution is -2.01. The van der Waals surface area contributed by atoms with Crippen molar-refractivity contribution < 1.29 is 9.52 Å². The number of phenols is 1. The molecule has 0 amide bonds. The Balaban J connectivity index is 2.13. The highest BCUT2D eigenvalue weighted by Gasteiger charge is 2.18. The predicted molar refractivity (Wildman–Crippen MR) is 94.9 cm³/mol. The Hall–Kier alpha value is -3.27. The molecular weight excluding hydrogens is 302 g/mol. The third kappa shape index (κ3) is 1.55. The van der Waals surface area contributed by atoms with Crippen LogP contribution < -0.4 is 5.43 Å². The summed E-state index contributed by atoms with van der Waals surface area (Å²) in [6.07, 6.45) is 0. The molecule has 24 heavy (non-hydrogen) atoms. The number of para-hydroxylation sites is 1. The fraction of sp³-hybridized carbons (Fsp3) is 0.0500. The first-order chi connectivity index (χ1) is 11.6. The Morgan fingerprint density at radius 3 is 2.71 bits per heavy atom. The molecule has 5 aromatic rings. The largest absolute Gasteiger partial charge is 0.508 e. The van der Waals surface area contributed by atoms with Crippen LogP contribution in [0, 0.1) is 6.92 Å². The van der Waals surface area contributed by atoms with E-state index in [1.54, 1.807) is 6.07 Å². The molecule has 0 radical (unpaired) electrons. The van der Waals surface area contributed by atoms with Gasteiger partial charge in [0, 0.05) is 6.07 Å². The molecule has 1 N–H and O–H groups in total. The SMILES string of the molecule is Cc1c2oc3cc(O)ccc3c(=O)c2c2ccc3ccccc3n12. The van der Waals surface area contributed by atoms with Crippen molar-refractivity contribution in [2.24, 2.45) is 0 Å². The Kier molecular flexibility index (Phi) is 2.41. The van der Waals surface area contributed by atoms with Gasteiger partial charge in [0.05, 0.1) is 27.5 Å². The lowest BCUT2D eigenvalue weighted by atomic mass is 10.1. The van der Waals surface area contributed by atoms with Gasteiger partial charge in [-0.2, -0.15) is 0 Å². The van der Waals surface area contributed by atoms with Crippen molar-refractivity contribution in [3.05, 3.63) is 70.5 Å². The molecule has 4 nitrogen and oxygen atoms in total. The van der Waals surface area contributed by atoms with E-state index in [4.69, 9.17) is 4.42 Å². The normalized spacial score (nSPS) is 11.9. The van der Waals surface area contributed by atoms with E-state index in [1.807, 2.05) is 43.3 Å². The Labute approximate surface area is 136 Å². The average Bonchev–Trinajstić information content (AvgIpc) is 2.88. The first-order valence-corrected chi connectivity index (χ1v) is 7.73. The lowest BCUT2D eigenvalue weighted by molar-refractivity contribution is 0.474. The van der Waals surface area contributed by atoms with Crippen LogP contribution in [0.2, 0.25) is 0 Å². The molecule has 116 valence electrons. The summed E-state index contributed by atoms with van der Waals surface area (Å²) in [4.78, 5) is 13.0. The number of hydrogen-bond donors (Lipinski definition) is 1. The predicted octanol–water partition coefficient (Wildman–Crippen LogP) is 4.37. The topological polar surface area (TPSA) is 54.9 Å². The highest BCUT2D eigenvalue weighted by atomic mass is 16.3. The Morgan fingerprint density at radius 1 is 1.00 bits per heavy atom. The molecule has 0 fully saturated rings. The van der Waals surface area contributed by atoms with Gasteiger partial charge in [-0.25, -0.2) is 0 Å².